The number of rotatable bonds is 1. The van der Waals surface area contributed by atoms with Crippen molar-refractivity contribution in [2.75, 3.05) is 0 Å². The monoisotopic (exact) mass is 163 g/mol. The molecule has 1 atom stereocenters. The molecule has 1 aliphatic rings. The third-order valence-electron chi connectivity index (χ3n) is 2.33. The maximum absolute atomic E-state index is 5.34. The Bertz CT molecular complexity index is 323. The fourth-order valence-electron chi connectivity index (χ4n) is 1.68. The number of aryl methyl sites for hydroxylation is 1. The van der Waals surface area contributed by atoms with Gasteiger partial charge < -0.3 is 4.42 Å². The third kappa shape index (κ3) is 0.909. The Morgan fingerprint density at radius 3 is 2.92 bits per heavy atom. The Labute approximate surface area is 72.3 Å². The molecular formula is C10H13NO. The van der Waals surface area contributed by atoms with Crippen molar-refractivity contribution in [1.29, 1.82) is 0 Å². The lowest BCUT2D eigenvalue weighted by atomic mass is 9.96. The average Bonchev–Trinajstić information content (AvgIpc) is 2.53. The van der Waals surface area contributed by atoms with E-state index in [-0.39, 0.29) is 0 Å². The Morgan fingerprint density at radius 1 is 1.50 bits per heavy atom. The van der Waals surface area contributed by atoms with Crippen molar-refractivity contribution in [2.45, 2.75) is 26.8 Å². The highest BCUT2D eigenvalue weighted by atomic mass is 16.3. The topological polar surface area (TPSA) is 25.5 Å². The molecule has 0 bridgehead atoms. The second kappa shape index (κ2) is 2.47. The lowest BCUT2D eigenvalue weighted by molar-refractivity contribution is 0.516. The van der Waals surface area contributed by atoms with Gasteiger partial charge in [-0.3, -0.25) is 4.99 Å². The molecule has 0 radical (unpaired) electrons. The van der Waals surface area contributed by atoms with Gasteiger partial charge in [0.15, 0.2) is 0 Å². The zero-order valence-corrected chi connectivity index (χ0v) is 7.66. The predicted molar refractivity (Wildman–Crippen MR) is 48.6 cm³/mol. The number of nitrogens with zero attached hydrogens (tertiary/aromatic N) is 1. The highest BCUT2D eigenvalue weighted by molar-refractivity contribution is 5.82. The molecule has 0 spiro atoms. The molecule has 0 saturated carbocycles. The van der Waals surface area contributed by atoms with Crippen LogP contribution in [0.25, 0.3) is 0 Å². The summed E-state index contributed by atoms with van der Waals surface area (Å²) in [6, 6.07) is 0.318. The SMILES string of the molecule is Cc1coc2c1C(C(C)C)N=C2. The van der Waals surface area contributed by atoms with Gasteiger partial charge in [-0.15, -0.1) is 0 Å². The molecule has 2 heterocycles. The van der Waals surface area contributed by atoms with Crippen LogP contribution in [0.4, 0.5) is 0 Å². The maximum atomic E-state index is 5.34. The standard InChI is InChI=1S/C10H13NO/c1-6(2)10-9-7(3)5-12-8(9)4-11-10/h4-6,10H,1-3H3. The van der Waals surface area contributed by atoms with Crippen LogP contribution in [0.15, 0.2) is 15.7 Å². The average molecular weight is 163 g/mol. The van der Waals surface area contributed by atoms with E-state index in [2.05, 4.69) is 25.8 Å². The Balaban J connectivity index is 2.46. The molecule has 0 amide bonds. The molecule has 0 saturated heterocycles. The van der Waals surface area contributed by atoms with Crippen molar-refractivity contribution in [1.82, 2.24) is 0 Å². The van der Waals surface area contributed by atoms with Crippen LogP contribution < -0.4 is 0 Å². The summed E-state index contributed by atoms with van der Waals surface area (Å²) in [4.78, 5) is 4.41. The lowest BCUT2D eigenvalue weighted by Crippen LogP contribution is -2.01. The molecule has 2 nitrogen and oxygen atoms in total. The number of hydrogen-bond donors (Lipinski definition) is 0. The van der Waals surface area contributed by atoms with Gasteiger partial charge in [0.25, 0.3) is 0 Å². The number of hydrogen-bond acceptors (Lipinski definition) is 2. The van der Waals surface area contributed by atoms with Gasteiger partial charge in [0.1, 0.15) is 5.76 Å². The zero-order valence-electron chi connectivity index (χ0n) is 7.66. The molecular weight excluding hydrogens is 150 g/mol. The van der Waals surface area contributed by atoms with Gasteiger partial charge in [-0.2, -0.15) is 0 Å². The first-order valence-corrected chi connectivity index (χ1v) is 4.31. The largest absolute Gasteiger partial charge is 0.463 e. The molecule has 1 aromatic heterocycles. The molecule has 0 aromatic carbocycles. The van der Waals surface area contributed by atoms with E-state index >= 15 is 0 Å². The highest BCUT2D eigenvalue weighted by Crippen LogP contribution is 2.35. The minimum Gasteiger partial charge on any atom is -0.463 e. The van der Waals surface area contributed by atoms with Crippen molar-refractivity contribution >= 4 is 6.21 Å². The van der Waals surface area contributed by atoms with Crippen LogP contribution in [0, 0.1) is 12.8 Å². The van der Waals surface area contributed by atoms with Crippen LogP contribution >= 0.6 is 0 Å². The first kappa shape index (κ1) is 7.59. The third-order valence-corrected chi connectivity index (χ3v) is 2.33. The molecule has 0 aliphatic carbocycles. The van der Waals surface area contributed by atoms with Crippen molar-refractivity contribution < 1.29 is 4.42 Å². The number of fused-ring (bicyclic) bond motifs is 1. The van der Waals surface area contributed by atoms with Crippen LogP contribution in [0.5, 0.6) is 0 Å². The van der Waals surface area contributed by atoms with Crippen molar-refractivity contribution in [3.8, 4) is 0 Å². The summed E-state index contributed by atoms with van der Waals surface area (Å²) in [7, 11) is 0. The number of aliphatic imine (C=N–C) groups is 1. The maximum Gasteiger partial charge on any atom is 0.150 e. The van der Waals surface area contributed by atoms with Gasteiger partial charge in [0, 0.05) is 5.56 Å². The Morgan fingerprint density at radius 2 is 2.25 bits per heavy atom. The summed E-state index contributed by atoms with van der Waals surface area (Å²) in [5.74, 6) is 1.50. The minimum absolute atomic E-state index is 0.318. The van der Waals surface area contributed by atoms with Crippen molar-refractivity contribution in [2.24, 2.45) is 10.9 Å². The molecule has 1 unspecified atom stereocenters. The van der Waals surface area contributed by atoms with Crippen molar-refractivity contribution in [3.63, 3.8) is 0 Å². The highest BCUT2D eigenvalue weighted by Gasteiger charge is 2.26. The van der Waals surface area contributed by atoms with Gasteiger partial charge in [-0.05, 0) is 18.4 Å². The van der Waals surface area contributed by atoms with E-state index in [0.29, 0.717) is 12.0 Å². The van der Waals surface area contributed by atoms with Gasteiger partial charge in [0.2, 0.25) is 0 Å². The molecule has 12 heavy (non-hydrogen) atoms. The van der Waals surface area contributed by atoms with Crippen LogP contribution in [-0.4, -0.2) is 6.21 Å². The molecule has 0 fully saturated rings. The summed E-state index contributed by atoms with van der Waals surface area (Å²) >= 11 is 0. The van der Waals surface area contributed by atoms with E-state index in [1.807, 2.05) is 12.5 Å². The summed E-state index contributed by atoms with van der Waals surface area (Å²) in [6.07, 6.45) is 3.65. The summed E-state index contributed by atoms with van der Waals surface area (Å²) < 4.78 is 5.34. The van der Waals surface area contributed by atoms with Crippen LogP contribution in [-0.2, 0) is 0 Å². The molecule has 64 valence electrons. The Kier molecular flexibility index (Phi) is 1.56. The summed E-state index contributed by atoms with van der Waals surface area (Å²) in [6.45, 7) is 6.44. The second-order valence-corrected chi connectivity index (χ2v) is 3.66. The van der Waals surface area contributed by atoms with Crippen LogP contribution in [0.2, 0.25) is 0 Å². The smallest absolute Gasteiger partial charge is 0.150 e. The summed E-state index contributed by atoms with van der Waals surface area (Å²) in [5, 5.41) is 0. The Hall–Kier alpha value is -1.05. The first-order chi connectivity index (χ1) is 5.70. The molecule has 0 N–H and O–H groups in total. The second-order valence-electron chi connectivity index (χ2n) is 3.66. The minimum atomic E-state index is 0.318. The van der Waals surface area contributed by atoms with E-state index in [9.17, 15) is 0 Å². The van der Waals surface area contributed by atoms with Crippen molar-refractivity contribution in [3.05, 3.63) is 23.2 Å². The molecule has 1 aromatic rings. The van der Waals surface area contributed by atoms with Gasteiger partial charge in [0.05, 0.1) is 18.5 Å². The predicted octanol–water partition coefficient (Wildman–Crippen LogP) is 2.72. The van der Waals surface area contributed by atoms with E-state index < -0.39 is 0 Å². The molecule has 1 aliphatic heterocycles. The van der Waals surface area contributed by atoms with Gasteiger partial charge in [-0.25, -0.2) is 0 Å². The quantitative estimate of drug-likeness (QED) is 0.625. The van der Waals surface area contributed by atoms with Gasteiger partial charge >= 0.3 is 0 Å². The lowest BCUT2D eigenvalue weighted by Gasteiger charge is -2.11. The molecule has 2 heteroatoms. The van der Waals surface area contributed by atoms with Crippen LogP contribution in [0.1, 0.15) is 36.8 Å². The fraction of sp³-hybridized carbons (Fsp3) is 0.500. The number of furan rings is 1. The summed E-state index contributed by atoms with van der Waals surface area (Å²) in [5.41, 5.74) is 2.51. The fourth-order valence-corrected chi connectivity index (χ4v) is 1.68. The van der Waals surface area contributed by atoms with E-state index in [0.717, 1.165) is 5.76 Å². The normalized spacial score (nSPS) is 20.5. The van der Waals surface area contributed by atoms with Crippen LogP contribution in [0.3, 0.4) is 0 Å². The molecule has 2 rings (SSSR count). The van der Waals surface area contributed by atoms with E-state index in [1.165, 1.54) is 11.1 Å². The van der Waals surface area contributed by atoms with E-state index in [1.54, 1.807) is 0 Å². The zero-order chi connectivity index (χ0) is 8.72. The first-order valence-electron chi connectivity index (χ1n) is 4.31. The van der Waals surface area contributed by atoms with E-state index in [4.69, 9.17) is 4.42 Å². The van der Waals surface area contributed by atoms with Gasteiger partial charge in [-0.1, -0.05) is 13.8 Å².